The maximum absolute atomic E-state index is 12.9. The van der Waals surface area contributed by atoms with Gasteiger partial charge in [0.25, 0.3) is 5.69 Å². The van der Waals surface area contributed by atoms with Crippen molar-refractivity contribution in [3.63, 3.8) is 0 Å². The number of carbonyl (C=O) groups is 1. The summed E-state index contributed by atoms with van der Waals surface area (Å²) in [4.78, 5) is 26.0. The number of furan rings is 1. The molecule has 0 aliphatic heterocycles. The number of methoxy groups -OCH3 is 1. The monoisotopic (exact) mass is 540 g/mol. The number of fused-ring (bicyclic) bond motifs is 3. The Morgan fingerprint density at radius 1 is 0.923 bits per heavy atom. The Morgan fingerprint density at radius 3 is 2.05 bits per heavy atom. The van der Waals surface area contributed by atoms with Crippen molar-refractivity contribution in [2.24, 2.45) is 0 Å². The van der Waals surface area contributed by atoms with Crippen molar-refractivity contribution in [3.8, 4) is 18.6 Å². The molecule has 39 heavy (non-hydrogen) atoms. The van der Waals surface area contributed by atoms with Crippen LogP contribution in [0.15, 0.2) is 34.7 Å². The normalized spacial score (nSPS) is 10.2. The first-order valence-electron chi connectivity index (χ1n) is 13.9. The zero-order chi connectivity index (χ0) is 29.2. The Balaban J connectivity index is 0.00000181. The molecule has 214 valence electrons. The van der Waals surface area contributed by atoms with Gasteiger partial charge in [-0.25, -0.2) is 4.79 Å². The Morgan fingerprint density at radius 2 is 1.51 bits per heavy atom. The molecule has 0 bridgehead atoms. The Labute approximate surface area is 232 Å². The summed E-state index contributed by atoms with van der Waals surface area (Å²) < 4.78 is 16.7. The van der Waals surface area contributed by atoms with Gasteiger partial charge in [-0.1, -0.05) is 66.2 Å². The topological polar surface area (TPSA) is 95.1 Å². The van der Waals surface area contributed by atoms with E-state index in [0.717, 1.165) is 56.8 Å². The molecule has 2 aromatic carbocycles. The van der Waals surface area contributed by atoms with E-state index in [1.807, 2.05) is 19.9 Å². The van der Waals surface area contributed by atoms with E-state index in [1.54, 1.807) is 30.2 Å². The predicted molar refractivity (Wildman–Crippen MR) is 158 cm³/mol. The summed E-state index contributed by atoms with van der Waals surface area (Å²) >= 11 is 0. The molecular weight excluding hydrogens is 496 g/mol. The number of benzene rings is 2. The fraction of sp³-hybridized carbons (Fsp3) is 0.516. The van der Waals surface area contributed by atoms with Gasteiger partial charge in [-0.05, 0) is 37.1 Å². The molecule has 8 nitrogen and oxygen atoms in total. The van der Waals surface area contributed by atoms with Crippen molar-refractivity contribution in [3.05, 3.63) is 46.0 Å². The molecule has 0 N–H and O–H groups in total. The first-order valence-corrected chi connectivity index (χ1v) is 13.9. The lowest BCUT2D eigenvalue weighted by molar-refractivity contribution is -0.385. The van der Waals surface area contributed by atoms with Crippen molar-refractivity contribution >= 4 is 33.7 Å². The Bertz CT molecular complexity index is 1170. The summed E-state index contributed by atoms with van der Waals surface area (Å²) in [6.07, 6.45) is 16.1. The highest BCUT2D eigenvalue weighted by Crippen LogP contribution is 2.35. The predicted octanol–water partition coefficient (Wildman–Crippen LogP) is 8.88. The summed E-state index contributed by atoms with van der Waals surface area (Å²) in [6, 6.07) is 8.46. The fourth-order valence-corrected chi connectivity index (χ4v) is 4.23. The van der Waals surface area contributed by atoms with Gasteiger partial charge in [0.1, 0.15) is 23.5 Å². The first kappa shape index (κ1) is 33.3. The van der Waals surface area contributed by atoms with Crippen LogP contribution in [-0.4, -0.2) is 36.1 Å². The van der Waals surface area contributed by atoms with Gasteiger partial charge in [0, 0.05) is 23.9 Å². The van der Waals surface area contributed by atoms with Gasteiger partial charge in [0.15, 0.2) is 0 Å². The molecule has 0 saturated heterocycles. The summed E-state index contributed by atoms with van der Waals surface area (Å²) in [5.41, 5.74) is 1.21. The van der Waals surface area contributed by atoms with Crippen LogP contribution in [-0.2, 0) is 11.3 Å². The zero-order valence-electron chi connectivity index (χ0n) is 24.2. The Kier molecular flexibility index (Phi) is 15.8. The van der Waals surface area contributed by atoms with Crippen LogP contribution in [0.2, 0.25) is 0 Å². The molecule has 3 aromatic rings. The summed E-state index contributed by atoms with van der Waals surface area (Å²) in [5, 5.41) is 13.3. The SMILES string of the molecule is C#C.CC.CCCCCCN(CCCCCC)C(=O)OCc1cc2c(cc1[N+](=O)[O-])oc1ccc(OC)cc12. The van der Waals surface area contributed by atoms with Gasteiger partial charge in [0.2, 0.25) is 0 Å². The molecule has 0 radical (unpaired) electrons. The van der Waals surface area contributed by atoms with Crippen molar-refractivity contribution in [2.45, 2.75) is 85.7 Å². The van der Waals surface area contributed by atoms with Gasteiger partial charge >= 0.3 is 6.09 Å². The van der Waals surface area contributed by atoms with Crippen LogP contribution in [0.4, 0.5) is 10.5 Å². The quantitative estimate of drug-likeness (QED) is 0.0877. The van der Waals surface area contributed by atoms with E-state index in [2.05, 4.69) is 26.7 Å². The third-order valence-electron chi connectivity index (χ3n) is 6.25. The number of hydrogen-bond acceptors (Lipinski definition) is 6. The minimum Gasteiger partial charge on any atom is -0.497 e. The van der Waals surface area contributed by atoms with Crippen LogP contribution in [0.1, 0.15) is 84.6 Å². The second-order valence-corrected chi connectivity index (χ2v) is 8.86. The van der Waals surface area contributed by atoms with Crippen molar-refractivity contribution in [1.82, 2.24) is 4.90 Å². The van der Waals surface area contributed by atoms with Gasteiger partial charge in [0.05, 0.1) is 23.7 Å². The maximum Gasteiger partial charge on any atom is 0.410 e. The molecule has 8 heteroatoms. The average molecular weight is 541 g/mol. The lowest BCUT2D eigenvalue weighted by Crippen LogP contribution is -2.33. The number of hydrogen-bond donors (Lipinski definition) is 0. The smallest absolute Gasteiger partial charge is 0.410 e. The summed E-state index contributed by atoms with van der Waals surface area (Å²) in [5.74, 6) is 0.660. The molecule has 3 rings (SSSR count). The van der Waals surface area contributed by atoms with Crippen LogP contribution in [0, 0.1) is 23.0 Å². The van der Waals surface area contributed by atoms with Crippen molar-refractivity contribution < 1.29 is 23.6 Å². The number of nitro groups is 1. The van der Waals surface area contributed by atoms with Gasteiger partial charge in [-0.3, -0.25) is 10.1 Å². The van der Waals surface area contributed by atoms with Crippen LogP contribution >= 0.6 is 0 Å². The number of carbonyl (C=O) groups excluding carboxylic acids is 1. The van der Waals surface area contributed by atoms with E-state index >= 15 is 0 Å². The van der Waals surface area contributed by atoms with Crippen molar-refractivity contribution in [1.29, 1.82) is 0 Å². The third kappa shape index (κ3) is 9.82. The van der Waals surface area contributed by atoms with Crippen molar-refractivity contribution in [2.75, 3.05) is 20.2 Å². The second kappa shape index (κ2) is 18.5. The van der Waals surface area contributed by atoms with E-state index < -0.39 is 11.0 Å². The number of unbranched alkanes of at least 4 members (excludes halogenated alkanes) is 6. The van der Waals surface area contributed by atoms with E-state index in [0.29, 0.717) is 41.0 Å². The van der Waals surface area contributed by atoms with Crippen LogP contribution in [0.3, 0.4) is 0 Å². The average Bonchev–Trinajstić information content (AvgIpc) is 3.33. The summed E-state index contributed by atoms with van der Waals surface area (Å²) in [7, 11) is 1.58. The lowest BCUT2D eigenvalue weighted by Gasteiger charge is -2.22. The minimum atomic E-state index is -0.469. The van der Waals surface area contributed by atoms with Gasteiger partial charge in [-0.2, -0.15) is 0 Å². The number of ether oxygens (including phenoxy) is 2. The van der Waals surface area contributed by atoms with E-state index in [-0.39, 0.29) is 12.3 Å². The highest BCUT2D eigenvalue weighted by molar-refractivity contribution is 6.06. The van der Waals surface area contributed by atoms with Gasteiger partial charge < -0.3 is 18.8 Å². The number of terminal acetylenes is 1. The maximum atomic E-state index is 12.9. The molecule has 1 aromatic heterocycles. The minimum absolute atomic E-state index is 0.131. The molecule has 0 unspecified atom stereocenters. The highest BCUT2D eigenvalue weighted by atomic mass is 16.6. The Hall–Kier alpha value is -3.73. The van der Waals surface area contributed by atoms with E-state index in [9.17, 15) is 14.9 Å². The second-order valence-electron chi connectivity index (χ2n) is 8.86. The zero-order valence-corrected chi connectivity index (χ0v) is 24.2. The largest absolute Gasteiger partial charge is 0.497 e. The van der Waals surface area contributed by atoms with Gasteiger partial charge in [-0.15, -0.1) is 12.8 Å². The molecule has 0 aliphatic rings. The molecule has 1 amide bonds. The van der Waals surface area contributed by atoms with E-state index in [1.165, 1.54) is 6.07 Å². The van der Waals surface area contributed by atoms with E-state index in [4.69, 9.17) is 13.9 Å². The van der Waals surface area contributed by atoms with Crippen LogP contribution in [0.25, 0.3) is 21.9 Å². The first-order chi connectivity index (χ1) is 19.0. The number of nitrogens with zero attached hydrogens (tertiary/aromatic N) is 2. The molecule has 0 fully saturated rings. The lowest BCUT2D eigenvalue weighted by atomic mass is 10.1. The van der Waals surface area contributed by atoms with Crippen LogP contribution < -0.4 is 4.74 Å². The fourth-order valence-electron chi connectivity index (χ4n) is 4.23. The summed E-state index contributed by atoms with van der Waals surface area (Å²) in [6.45, 7) is 9.40. The number of nitro benzene ring substituents is 1. The third-order valence-corrected chi connectivity index (χ3v) is 6.25. The molecular formula is C31H44N2O6. The molecule has 0 spiro atoms. The number of amides is 1. The standard InChI is InChI=1S/C27H36N2O6.C2H6.C2H2/c1-4-6-8-10-14-28(15-11-9-7-5-2)27(30)34-19-20-16-22-23-17-21(33-3)12-13-25(23)35-26(22)18-24(20)29(31)32;2*1-2/h12-13,16-18H,4-11,14-15,19H2,1-3H3;1-2H3;1-2H. The molecule has 0 aliphatic carbocycles. The highest BCUT2D eigenvalue weighted by Gasteiger charge is 2.22. The van der Waals surface area contributed by atoms with Crippen LogP contribution in [0.5, 0.6) is 5.75 Å². The molecule has 0 atom stereocenters. The molecule has 1 heterocycles. The number of rotatable bonds is 14. The molecule has 0 saturated carbocycles.